The summed E-state index contributed by atoms with van der Waals surface area (Å²) >= 11 is 0. The molecule has 0 spiro atoms. The molecule has 0 unspecified atom stereocenters. The molecule has 2 aromatic heterocycles. The Labute approximate surface area is 127 Å². The minimum absolute atomic E-state index is 0.0676. The second-order valence-corrected chi connectivity index (χ2v) is 5.72. The standard InChI is InChI=1S/C15H19N5O2/c1-10-9-13(19-18-10)15(22)17-11-4-6-12(7-5-11)20-14(21)3-2-8-16-20/h2-3,8-9,11-12H,4-7H2,1H3,(H,17,22)(H,18,19). The highest BCUT2D eigenvalue weighted by Gasteiger charge is 2.25. The molecule has 1 fully saturated rings. The highest BCUT2D eigenvalue weighted by molar-refractivity contribution is 5.92. The summed E-state index contributed by atoms with van der Waals surface area (Å²) in [7, 11) is 0. The number of nitrogens with one attached hydrogen (secondary N) is 2. The molecule has 0 saturated heterocycles. The molecular weight excluding hydrogens is 282 g/mol. The molecule has 0 bridgehead atoms. The molecule has 22 heavy (non-hydrogen) atoms. The van der Waals surface area contributed by atoms with E-state index in [0.717, 1.165) is 31.4 Å². The van der Waals surface area contributed by atoms with Crippen LogP contribution in [0.5, 0.6) is 0 Å². The average molecular weight is 301 g/mol. The number of H-pyrrole nitrogens is 1. The van der Waals surface area contributed by atoms with E-state index in [2.05, 4.69) is 20.6 Å². The summed E-state index contributed by atoms with van der Waals surface area (Å²) in [5, 5.41) is 13.9. The minimum atomic E-state index is -0.150. The fraction of sp³-hybridized carbons (Fsp3) is 0.467. The van der Waals surface area contributed by atoms with Crippen LogP contribution in [0.15, 0.2) is 29.2 Å². The van der Waals surface area contributed by atoms with E-state index in [9.17, 15) is 9.59 Å². The van der Waals surface area contributed by atoms with Gasteiger partial charge in [-0.1, -0.05) is 0 Å². The van der Waals surface area contributed by atoms with Gasteiger partial charge in [-0.15, -0.1) is 0 Å². The number of hydrogen-bond donors (Lipinski definition) is 2. The number of aromatic nitrogens is 4. The number of hydrogen-bond acceptors (Lipinski definition) is 4. The van der Waals surface area contributed by atoms with Gasteiger partial charge in [-0.25, -0.2) is 4.68 Å². The zero-order chi connectivity index (χ0) is 15.5. The zero-order valence-electron chi connectivity index (χ0n) is 12.5. The first-order valence-electron chi connectivity index (χ1n) is 7.50. The van der Waals surface area contributed by atoms with Crippen LogP contribution in [0.4, 0.5) is 0 Å². The first-order valence-corrected chi connectivity index (χ1v) is 7.50. The maximum absolute atomic E-state index is 12.1. The van der Waals surface area contributed by atoms with Crippen molar-refractivity contribution >= 4 is 5.91 Å². The summed E-state index contributed by atoms with van der Waals surface area (Å²) in [6, 6.07) is 5.15. The van der Waals surface area contributed by atoms with E-state index in [1.807, 2.05) is 6.92 Å². The molecular formula is C15H19N5O2. The molecule has 0 atom stereocenters. The molecule has 7 heteroatoms. The van der Waals surface area contributed by atoms with Crippen LogP contribution >= 0.6 is 0 Å². The first kappa shape index (κ1) is 14.5. The highest BCUT2D eigenvalue weighted by Crippen LogP contribution is 2.26. The van der Waals surface area contributed by atoms with Gasteiger partial charge in [0.2, 0.25) is 0 Å². The Kier molecular flexibility index (Phi) is 4.04. The largest absolute Gasteiger partial charge is 0.348 e. The Bertz CT molecular complexity index is 712. The molecule has 116 valence electrons. The van der Waals surface area contributed by atoms with Crippen molar-refractivity contribution in [3.8, 4) is 0 Å². The number of carbonyl (C=O) groups is 1. The molecule has 0 aliphatic heterocycles. The number of amides is 1. The lowest BCUT2D eigenvalue weighted by molar-refractivity contribution is 0.0916. The molecule has 2 aromatic rings. The zero-order valence-corrected chi connectivity index (χ0v) is 12.5. The SMILES string of the molecule is Cc1cc(C(=O)NC2CCC(n3ncccc3=O)CC2)n[nH]1. The quantitative estimate of drug-likeness (QED) is 0.890. The van der Waals surface area contributed by atoms with Crippen LogP contribution in [-0.4, -0.2) is 31.9 Å². The summed E-state index contributed by atoms with van der Waals surface area (Å²) in [4.78, 5) is 23.9. The van der Waals surface area contributed by atoms with Gasteiger partial charge in [-0.05, 0) is 44.7 Å². The number of aromatic amines is 1. The van der Waals surface area contributed by atoms with Gasteiger partial charge in [0.1, 0.15) is 5.69 Å². The van der Waals surface area contributed by atoms with E-state index in [4.69, 9.17) is 0 Å². The van der Waals surface area contributed by atoms with Crippen LogP contribution in [0.3, 0.4) is 0 Å². The highest BCUT2D eigenvalue weighted by atomic mass is 16.2. The van der Waals surface area contributed by atoms with Crippen LogP contribution in [0.2, 0.25) is 0 Å². The van der Waals surface area contributed by atoms with Gasteiger partial charge in [0, 0.05) is 24.0 Å². The summed E-state index contributed by atoms with van der Waals surface area (Å²) in [6.45, 7) is 1.86. The molecule has 1 amide bonds. The molecule has 1 aliphatic rings. The van der Waals surface area contributed by atoms with Gasteiger partial charge < -0.3 is 5.32 Å². The first-order chi connectivity index (χ1) is 10.6. The van der Waals surface area contributed by atoms with Gasteiger partial charge in [0.25, 0.3) is 11.5 Å². The van der Waals surface area contributed by atoms with Gasteiger partial charge in [-0.3, -0.25) is 14.7 Å². The normalized spacial score (nSPS) is 21.5. The topological polar surface area (TPSA) is 92.7 Å². The van der Waals surface area contributed by atoms with Gasteiger partial charge in [0.05, 0.1) is 6.04 Å². The van der Waals surface area contributed by atoms with Crippen LogP contribution in [0.1, 0.15) is 47.9 Å². The van der Waals surface area contributed by atoms with E-state index >= 15 is 0 Å². The third-order valence-corrected chi connectivity index (χ3v) is 4.06. The lowest BCUT2D eigenvalue weighted by atomic mass is 9.91. The summed E-state index contributed by atoms with van der Waals surface area (Å²) in [5.74, 6) is -0.150. The predicted molar refractivity (Wildman–Crippen MR) is 80.6 cm³/mol. The maximum Gasteiger partial charge on any atom is 0.271 e. The number of nitrogens with zero attached hydrogens (tertiary/aromatic N) is 3. The maximum atomic E-state index is 12.1. The van der Waals surface area contributed by atoms with Gasteiger partial charge >= 0.3 is 0 Å². The Morgan fingerprint density at radius 2 is 2.14 bits per heavy atom. The summed E-state index contributed by atoms with van der Waals surface area (Å²) in [5.41, 5.74) is 1.21. The number of carbonyl (C=O) groups excluding carboxylic acids is 1. The van der Waals surface area contributed by atoms with E-state index in [1.54, 1.807) is 23.0 Å². The van der Waals surface area contributed by atoms with E-state index < -0.39 is 0 Å². The number of aryl methyl sites for hydroxylation is 1. The van der Waals surface area contributed by atoms with Gasteiger partial charge in [-0.2, -0.15) is 10.2 Å². The molecule has 2 N–H and O–H groups in total. The molecule has 3 rings (SSSR count). The average Bonchev–Trinajstić information content (AvgIpc) is 2.95. The molecule has 7 nitrogen and oxygen atoms in total. The fourth-order valence-corrected chi connectivity index (χ4v) is 2.90. The van der Waals surface area contributed by atoms with Crippen molar-refractivity contribution < 1.29 is 4.79 Å². The fourth-order valence-electron chi connectivity index (χ4n) is 2.90. The van der Waals surface area contributed by atoms with Crippen LogP contribution in [-0.2, 0) is 0 Å². The number of rotatable bonds is 3. The predicted octanol–water partition coefficient (Wildman–Crippen LogP) is 1.19. The molecule has 2 heterocycles. The van der Waals surface area contributed by atoms with Crippen molar-refractivity contribution in [2.75, 3.05) is 0 Å². The minimum Gasteiger partial charge on any atom is -0.348 e. The molecule has 1 aliphatic carbocycles. The van der Waals surface area contributed by atoms with E-state index in [-0.39, 0.29) is 23.6 Å². The Hall–Kier alpha value is -2.44. The summed E-state index contributed by atoms with van der Waals surface area (Å²) in [6.07, 6.45) is 4.98. The van der Waals surface area contributed by atoms with Crippen molar-refractivity contribution in [3.05, 3.63) is 46.1 Å². The molecule has 0 radical (unpaired) electrons. The Morgan fingerprint density at radius 1 is 1.36 bits per heavy atom. The molecule has 1 saturated carbocycles. The van der Waals surface area contributed by atoms with Crippen molar-refractivity contribution in [2.45, 2.75) is 44.7 Å². The monoisotopic (exact) mass is 301 g/mol. The Morgan fingerprint density at radius 3 is 2.77 bits per heavy atom. The lowest BCUT2D eigenvalue weighted by Crippen LogP contribution is -2.39. The van der Waals surface area contributed by atoms with Crippen LogP contribution in [0.25, 0.3) is 0 Å². The van der Waals surface area contributed by atoms with Crippen molar-refractivity contribution in [3.63, 3.8) is 0 Å². The van der Waals surface area contributed by atoms with Crippen LogP contribution in [0, 0.1) is 6.92 Å². The summed E-state index contributed by atoms with van der Waals surface area (Å²) < 4.78 is 1.55. The van der Waals surface area contributed by atoms with E-state index in [0.29, 0.717) is 5.69 Å². The van der Waals surface area contributed by atoms with Crippen molar-refractivity contribution in [1.82, 2.24) is 25.3 Å². The second-order valence-electron chi connectivity index (χ2n) is 5.72. The van der Waals surface area contributed by atoms with Crippen molar-refractivity contribution in [2.24, 2.45) is 0 Å². The lowest BCUT2D eigenvalue weighted by Gasteiger charge is -2.29. The third kappa shape index (κ3) is 3.08. The van der Waals surface area contributed by atoms with Crippen molar-refractivity contribution in [1.29, 1.82) is 0 Å². The van der Waals surface area contributed by atoms with E-state index in [1.165, 1.54) is 6.07 Å². The van der Waals surface area contributed by atoms with Gasteiger partial charge in [0.15, 0.2) is 0 Å². The smallest absolute Gasteiger partial charge is 0.271 e. The van der Waals surface area contributed by atoms with Crippen LogP contribution < -0.4 is 10.9 Å². The second kappa shape index (κ2) is 6.13. The Balaban J connectivity index is 1.57. The molecule has 0 aromatic carbocycles. The third-order valence-electron chi connectivity index (χ3n) is 4.06.